The summed E-state index contributed by atoms with van der Waals surface area (Å²) in [6, 6.07) is 0. The van der Waals surface area contributed by atoms with E-state index in [1.165, 1.54) is 17.1 Å². The predicted molar refractivity (Wildman–Crippen MR) is 71.3 cm³/mol. The van der Waals surface area contributed by atoms with Gasteiger partial charge >= 0.3 is 5.82 Å². The van der Waals surface area contributed by atoms with Crippen molar-refractivity contribution in [3.8, 4) is 0 Å². The maximum atomic E-state index is 10.5. The van der Waals surface area contributed by atoms with E-state index in [1.807, 2.05) is 13.8 Å². The topological polar surface area (TPSA) is 93.7 Å². The molecule has 112 valence electrons. The van der Waals surface area contributed by atoms with Gasteiger partial charge in [-0.15, -0.1) is 0 Å². The van der Waals surface area contributed by atoms with Crippen molar-refractivity contribution >= 4 is 5.82 Å². The van der Waals surface area contributed by atoms with Crippen molar-refractivity contribution < 1.29 is 14.8 Å². The van der Waals surface area contributed by atoms with Crippen LogP contribution in [0.5, 0.6) is 0 Å². The molecule has 1 aliphatic heterocycles. The SMILES string of the molecule is CC1CN(CC(O)Cn2cnc([N+](=O)[O-])c2)CC(C)O1. The van der Waals surface area contributed by atoms with Crippen molar-refractivity contribution in [2.75, 3.05) is 19.6 Å². The van der Waals surface area contributed by atoms with Crippen LogP contribution in [0.4, 0.5) is 5.82 Å². The van der Waals surface area contributed by atoms with Crippen molar-refractivity contribution in [3.63, 3.8) is 0 Å². The lowest BCUT2D eigenvalue weighted by molar-refractivity contribution is -0.389. The summed E-state index contributed by atoms with van der Waals surface area (Å²) in [5, 5.41) is 20.6. The lowest BCUT2D eigenvalue weighted by atomic mass is 10.2. The summed E-state index contributed by atoms with van der Waals surface area (Å²) in [4.78, 5) is 15.8. The summed E-state index contributed by atoms with van der Waals surface area (Å²) in [5.74, 6) is -0.203. The third-order valence-corrected chi connectivity index (χ3v) is 3.19. The van der Waals surface area contributed by atoms with Gasteiger partial charge in [0, 0.05) is 19.6 Å². The lowest BCUT2D eigenvalue weighted by Gasteiger charge is -2.36. The Morgan fingerprint density at radius 2 is 2.15 bits per heavy atom. The van der Waals surface area contributed by atoms with E-state index in [9.17, 15) is 15.2 Å². The lowest BCUT2D eigenvalue weighted by Crippen LogP contribution is -2.48. The quantitative estimate of drug-likeness (QED) is 0.616. The second kappa shape index (κ2) is 6.29. The highest BCUT2D eigenvalue weighted by Gasteiger charge is 2.24. The Morgan fingerprint density at radius 3 is 2.70 bits per heavy atom. The largest absolute Gasteiger partial charge is 0.390 e. The minimum Gasteiger partial charge on any atom is -0.390 e. The number of hydrogen-bond acceptors (Lipinski definition) is 6. The summed E-state index contributed by atoms with van der Waals surface area (Å²) in [6.45, 7) is 6.39. The molecule has 2 rings (SSSR count). The van der Waals surface area contributed by atoms with Gasteiger partial charge in [0.05, 0.1) is 24.9 Å². The zero-order valence-electron chi connectivity index (χ0n) is 11.7. The van der Waals surface area contributed by atoms with Crippen LogP contribution in [-0.4, -0.2) is 62.4 Å². The number of nitrogens with zero attached hydrogens (tertiary/aromatic N) is 4. The molecule has 0 amide bonds. The van der Waals surface area contributed by atoms with Gasteiger partial charge in [0.25, 0.3) is 0 Å². The van der Waals surface area contributed by atoms with Crippen molar-refractivity contribution in [2.24, 2.45) is 0 Å². The molecule has 3 atom stereocenters. The minimum absolute atomic E-state index is 0.153. The first-order chi connectivity index (χ1) is 9.44. The first kappa shape index (κ1) is 14.9. The van der Waals surface area contributed by atoms with Gasteiger partial charge in [0.2, 0.25) is 6.33 Å². The number of aliphatic hydroxyl groups excluding tert-OH is 1. The number of β-amino-alcohol motifs (C(OH)–C–C–N with tert-alkyl or cyclic N) is 1. The number of imidazole rings is 1. The third-order valence-electron chi connectivity index (χ3n) is 3.19. The number of aromatic nitrogens is 2. The van der Waals surface area contributed by atoms with E-state index < -0.39 is 11.0 Å². The van der Waals surface area contributed by atoms with Crippen LogP contribution in [0, 0.1) is 10.1 Å². The number of rotatable bonds is 5. The molecule has 0 saturated carbocycles. The number of morpholine rings is 1. The van der Waals surface area contributed by atoms with Gasteiger partial charge in [0.1, 0.15) is 6.20 Å². The third kappa shape index (κ3) is 3.99. The highest BCUT2D eigenvalue weighted by molar-refractivity contribution is 5.12. The molecule has 0 bridgehead atoms. The molecule has 0 aliphatic carbocycles. The summed E-state index contributed by atoms with van der Waals surface area (Å²) in [5.41, 5.74) is 0. The van der Waals surface area contributed by atoms with Gasteiger partial charge in [-0.1, -0.05) is 0 Å². The fourth-order valence-electron chi connectivity index (χ4n) is 2.58. The van der Waals surface area contributed by atoms with Gasteiger partial charge in [-0.05, 0) is 23.8 Å². The van der Waals surface area contributed by atoms with Crippen molar-refractivity contribution in [3.05, 3.63) is 22.6 Å². The normalized spacial score (nSPS) is 25.6. The maximum absolute atomic E-state index is 10.5. The van der Waals surface area contributed by atoms with Crippen LogP contribution >= 0.6 is 0 Å². The molecule has 8 heteroatoms. The van der Waals surface area contributed by atoms with E-state index in [4.69, 9.17) is 4.74 Å². The zero-order chi connectivity index (χ0) is 14.7. The van der Waals surface area contributed by atoms with Crippen molar-refractivity contribution in [2.45, 2.75) is 38.7 Å². The number of aliphatic hydroxyl groups is 1. The Hall–Kier alpha value is -1.51. The van der Waals surface area contributed by atoms with E-state index in [2.05, 4.69) is 9.88 Å². The summed E-state index contributed by atoms with van der Waals surface area (Å²) in [6.07, 6.45) is 2.40. The minimum atomic E-state index is -0.596. The molecule has 3 unspecified atom stereocenters. The second-order valence-corrected chi connectivity index (χ2v) is 5.32. The number of nitro groups is 1. The van der Waals surface area contributed by atoms with Crippen LogP contribution < -0.4 is 0 Å². The molecule has 1 aliphatic rings. The molecule has 1 N–H and O–H groups in total. The Balaban J connectivity index is 1.85. The standard InChI is InChI=1S/C12H20N4O4/c1-9-3-14(4-10(2)20-9)5-11(17)6-15-7-12(13-8-15)16(18)19/h7-11,17H,3-6H2,1-2H3. The van der Waals surface area contributed by atoms with Crippen molar-refractivity contribution in [1.82, 2.24) is 14.5 Å². The molecular weight excluding hydrogens is 264 g/mol. The van der Waals surface area contributed by atoms with Gasteiger partial charge < -0.3 is 24.5 Å². The number of hydrogen-bond donors (Lipinski definition) is 1. The Bertz CT molecular complexity index is 454. The highest BCUT2D eigenvalue weighted by atomic mass is 16.6. The monoisotopic (exact) mass is 284 g/mol. The molecule has 1 aromatic rings. The van der Waals surface area contributed by atoms with E-state index in [0.717, 1.165) is 13.1 Å². The van der Waals surface area contributed by atoms with Crippen LogP contribution in [0.15, 0.2) is 12.5 Å². The van der Waals surface area contributed by atoms with Gasteiger partial charge in [-0.25, -0.2) is 0 Å². The summed E-state index contributed by atoms with van der Waals surface area (Å²) < 4.78 is 7.17. The van der Waals surface area contributed by atoms with E-state index in [1.54, 1.807) is 0 Å². The number of ether oxygens (including phenoxy) is 1. The van der Waals surface area contributed by atoms with E-state index in [-0.39, 0.29) is 18.0 Å². The van der Waals surface area contributed by atoms with Crippen molar-refractivity contribution in [1.29, 1.82) is 0 Å². The fourth-order valence-corrected chi connectivity index (χ4v) is 2.58. The average Bonchev–Trinajstić information content (AvgIpc) is 2.75. The molecule has 0 radical (unpaired) electrons. The van der Waals surface area contributed by atoms with Crippen LogP contribution in [0.1, 0.15) is 13.8 Å². The van der Waals surface area contributed by atoms with Gasteiger partial charge in [-0.3, -0.25) is 4.90 Å². The Morgan fingerprint density at radius 1 is 1.50 bits per heavy atom. The molecular formula is C12H20N4O4. The zero-order valence-corrected chi connectivity index (χ0v) is 11.7. The van der Waals surface area contributed by atoms with Crippen LogP contribution in [0.25, 0.3) is 0 Å². The Kier molecular flexibility index (Phi) is 4.69. The van der Waals surface area contributed by atoms with Crippen LogP contribution in [0.3, 0.4) is 0 Å². The van der Waals surface area contributed by atoms with E-state index >= 15 is 0 Å². The first-order valence-electron chi connectivity index (χ1n) is 6.66. The molecule has 1 saturated heterocycles. The molecule has 2 heterocycles. The predicted octanol–water partition coefficient (Wildman–Crippen LogP) is 0.261. The molecule has 1 aromatic heterocycles. The fraction of sp³-hybridized carbons (Fsp3) is 0.750. The molecule has 1 fully saturated rings. The molecule has 0 aromatic carbocycles. The van der Waals surface area contributed by atoms with E-state index in [0.29, 0.717) is 13.1 Å². The summed E-state index contributed by atoms with van der Waals surface area (Å²) in [7, 11) is 0. The summed E-state index contributed by atoms with van der Waals surface area (Å²) >= 11 is 0. The molecule has 20 heavy (non-hydrogen) atoms. The Labute approximate surface area is 117 Å². The highest BCUT2D eigenvalue weighted by Crippen LogP contribution is 2.12. The smallest absolute Gasteiger partial charge is 0.381 e. The second-order valence-electron chi connectivity index (χ2n) is 5.32. The van der Waals surface area contributed by atoms with Crippen LogP contribution in [-0.2, 0) is 11.3 Å². The first-order valence-corrected chi connectivity index (χ1v) is 6.66. The maximum Gasteiger partial charge on any atom is 0.381 e. The average molecular weight is 284 g/mol. The molecule has 8 nitrogen and oxygen atoms in total. The molecule has 0 spiro atoms. The van der Waals surface area contributed by atoms with Gasteiger partial charge in [0.15, 0.2) is 0 Å². The van der Waals surface area contributed by atoms with Crippen LogP contribution in [0.2, 0.25) is 0 Å². The van der Waals surface area contributed by atoms with Gasteiger partial charge in [-0.2, -0.15) is 0 Å².